The third kappa shape index (κ3) is 27.3. The quantitative estimate of drug-likeness (QED) is 0.273. The standard InChI is InChI=1S/FHO2S.K/c1-4(2)3;/h(H,2,3);. The maximum Gasteiger partial charge on any atom is 0.342 e. The molecule has 0 saturated heterocycles. The van der Waals surface area contributed by atoms with Crippen molar-refractivity contribution in [1.82, 2.24) is 0 Å². The molecule has 0 aromatic heterocycles. The van der Waals surface area contributed by atoms with Crippen LogP contribution >= 0.6 is 0 Å². The minimum Gasteiger partial charge on any atom is -0.280 e. The second kappa shape index (κ2) is 5.68. The molecule has 0 aliphatic carbocycles. The Morgan fingerprint density at radius 1 is 1.80 bits per heavy atom. The maximum atomic E-state index is 10.0. The van der Waals surface area contributed by atoms with Gasteiger partial charge in [0.25, 0.3) is 0 Å². The van der Waals surface area contributed by atoms with Gasteiger partial charge in [-0.1, -0.05) is 0 Å². The van der Waals surface area contributed by atoms with E-state index < -0.39 is 11.5 Å². The van der Waals surface area contributed by atoms with Gasteiger partial charge in [0.05, 0.1) is 0 Å². The van der Waals surface area contributed by atoms with E-state index in [2.05, 4.69) is 0 Å². The molecule has 0 aliphatic rings. The zero-order valence-electron chi connectivity index (χ0n) is 2.64. The van der Waals surface area contributed by atoms with Gasteiger partial charge in [0.2, 0.25) is 0 Å². The molecule has 5 heteroatoms. The Kier molecular flexibility index (Phi) is 11.2. The number of hydrogen-bond donors (Lipinski definition) is 1. The van der Waals surface area contributed by atoms with E-state index >= 15 is 0 Å². The molecule has 1 unspecified atom stereocenters. The number of halogens is 1. The summed E-state index contributed by atoms with van der Waals surface area (Å²) >= 11 is -3.11. The Balaban J connectivity index is 0. The minimum atomic E-state index is -3.11. The third-order valence-electron chi connectivity index (χ3n) is 0. The van der Waals surface area contributed by atoms with E-state index in [1.54, 1.807) is 0 Å². The maximum absolute atomic E-state index is 10.0. The van der Waals surface area contributed by atoms with Crippen LogP contribution in [-0.2, 0) is 11.5 Å². The molecule has 0 aliphatic heterocycles. The Labute approximate surface area is 74.1 Å². The molecule has 27 valence electrons. The molecule has 1 radical (unpaired) electrons. The number of rotatable bonds is 0. The van der Waals surface area contributed by atoms with Crippen LogP contribution in [-0.4, -0.2) is 60.1 Å². The molecule has 0 aromatic rings. The molecule has 0 fully saturated rings. The van der Waals surface area contributed by atoms with Crippen molar-refractivity contribution in [1.29, 1.82) is 0 Å². The minimum absolute atomic E-state index is 0. The zero-order valence-corrected chi connectivity index (χ0v) is 6.58. The predicted octanol–water partition coefficient (Wildman–Crippen LogP) is -0.288. The summed E-state index contributed by atoms with van der Waals surface area (Å²) in [6.45, 7) is 0. The molecule has 1 atom stereocenters. The van der Waals surface area contributed by atoms with E-state index in [9.17, 15) is 3.89 Å². The fourth-order valence-electron chi connectivity index (χ4n) is 0. The van der Waals surface area contributed by atoms with Gasteiger partial charge in [0, 0.05) is 51.4 Å². The van der Waals surface area contributed by atoms with E-state index in [0.717, 1.165) is 0 Å². The normalized spacial score (nSPS) is 12.4. The first kappa shape index (κ1) is 9.84. The average Bonchev–Trinajstić information content (AvgIpc) is 0.811. The molecular weight excluding hydrogens is 122 g/mol. The molecule has 2 nitrogen and oxygen atoms in total. The van der Waals surface area contributed by atoms with Crippen molar-refractivity contribution >= 4 is 62.9 Å². The summed E-state index contributed by atoms with van der Waals surface area (Å²) < 4.78 is 25.3. The van der Waals surface area contributed by atoms with Gasteiger partial charge in [-0.25, -0.2) is 0 Å². The number of hydrogen-bond acceptors (Lipinski definition) is 1. The molecule has 0 bridgehead atoms. The SMILES string of the molecule is O=S(O)F.[K]. The van der Waals surface area contributed by atoms with Crippen molar-refractivity contribution in [3.05, 3.63) is 0 Å². The Morgan fingerprint density at radius 2 is 1.80 bits per heavy atom. The first-order chi connectivity index (χ1) is 1.73. The fourth-order valence-corrected chi connectivity index (χ4v) is 0. The van der Waals surface area contributed by atoms with Crippen LogP contribution < -0.4 is 0 Å². The molecule has 0 heterocycles. The van der Waals surface area contributed by atoms with Gasteiger partial charge in [-0.2, -0.15) is 4.21 Å². The van der Waals surface area contributed by atoms with Crippen molar-refractivity contribution in [2.45, 2.75) is 0 Å². The summed E-state index contributed by atoms with van der Waals surface area (Å²) in [6, 6.07) is 0. The van der Waals surface area contributed by atoms with Crippen molar-refractivity contribution in [2.24, 2.45) is 0 Å². The fraction of sp³-hybridized carbons (Fsp3) is 0. The van der Waals surface area contributed by atoms with Gasteiger partial charge >= 0.3 is 11.5 Å². The average molecular weight is 123 g/mol. The summed E-state index contributed by atoms with van der Waals surface area (Å²) in [6.07, 6.45) is 0. The van der Waals surface area contributed by atoms with Gasteiger partial charge in [-0.15, -0.1) is 3.89 Å². The van der Waals surface area contributed by atoms with Gasteiger partial charge < -0.3 is 0 Å². The van der Waals surface area contributed by atoms with E-state index in [-0.39, 0.29) is 51.4 Å². The molecule has 1 N–H and O–H groups in total. The van der Waals surface area contributed by atoms with E-state index in [1.807, 2.05) is 0 Å². The van der Waals surface area contributed by atoms with Crippen LogP contribution in [0.4, 0.5) is 3.89 Å². The molecule has 0 aromatic carbocycles. The van der Waals surface area contributed by atoms with Crippen molar-refractivity contribution in [3.63, 3.8) is 0 Å². The van der Waals surface area contributed by atoms with Gasteiger partial charge in [0.15, 0.2) is 0 Å². The molecule has 5 heavy (non-hydrogen) atoms. The molecular formula is HFKO2S. The molecule has 0 rings (SSSR count). The summed E-state index contributed by atoms with van der Waals surface area (Å²) in [5.41, 5.74) is 0. The summed E-state index contributed by atoms with van der Waals surface area (Å²) in [5.74, 6) is 0. The predicted molar refractivity (Wildman–Crippen MR) is 17.6 cm³/mol. The largest absolute Gasteiger partial charge is 0.342 e. The van der Waals surface area contributed by atoms with Crippen LogP contribution in [0.5, 0.6) is 0 Å². The van der Waals surface area contributed by atoms with Crippen molar-refractivity contribution in [3.8, 4) is 0 Å². The second-order valence-electron chi connectivity index (χ2n) is 0.207. The Hall–Kier alpha value is 1.68. The summed E-state index contributed by atoms with van der Waals surface area (Å²) in [4.78, 5) is 0. The summed E-state index contributed by atoms with van der Waals surface area (Å²) in [5, 5.41) is 0. The van der Waals surface area contributed by atoms with Crippen LogP contribution in [0, 0.1) is 0 Å². The molecule has 0 spiro atoms. The Morgan fingerprint density at radius 3 is 1.80 bits per heavy atom. The van der Waals surface area contributed by atoms with Crippen LogP contribution in [0.3, 0.4) is 0 Å². The Bertz CT molecular complexity index is 32.6. The first-order valence-electron chi connectivity index (χ1n) is 0.504. The monoisotopic (exact) mass is 123 g/mol. The molecule has 0 amide bonds. The van der Waals surface area contributed by atoms with Crippen LogP contribution in [0.15, 0.2) is 0 Å². The van der Waals surface area contributed by atoms with E-state index in [0.29, 0.717) is 0 Å². The first-order valence-corrected chi connectivity index (χ1v) is 1.51. The van der Waals surface area contributed by atoms with Gasteiger partial charge in [-0.3, -0.25) is 4.55 Å². The van der Waals surface area contributed by atoms with Gasteiger partial charge in [-0.05, 0) is 0 Å². The van der Waals surface area contributed by atoms with E-state index in [4.69, 9.17) is 8.76 Å². The molecule has 0 saturated carbocycles. The van der Waals surface area contributed by atoms with Crippen molar-refractivity contribution < 1.29 is 12.6 Å². The van der Waals surface area contributed by atoms with Crippen molar-refractivity contribution in [2.75, 3.05) is 0 Å². The second-order valence-corrected chi connectivity index (χ2v) is 0.620. The topological polar surface area (TPSA) is 37.3 Å². The zero-order chi connectivity index (χ0) is 3.58. The van der Waals surface area contributed by atoms with Crippen LogP contribution in [0.25, 0.3) is 0 Å². The van der Waals surface area contributed by atoms with Crippen LogP contribution in [0.1, 0.15) is 0 Å². The van der Waals surface area contributed by atoms with Gasteiger partial charge in [0.1, 0.15) is 0 Å². The smallest absolute Gasteiger partial charge is 0.280 e. The van der Waals surface area contributed by atoms with Crippen LogP contribution in [0.2, 0.25) is 0 Å². The third-order valence-corrected chi connectivity index (χ3v) is 0. The van der Waals surface area contributed by atoms with E-state index in [1.165, 1.54) is 0 Å². The summed E-state index contributed by atoms with van der Waals surface area (Å²) in [7, 11) is 0.